The molecule has 7 nitrogen and oxygen atoms in total. The molecule has 0 unspecified atom stereocenters. The summed E-state index contributed by atoms with van der Waals surface area (Å²) in [5.74, 6) is -1.99. The van der Waals surface area contributed by atoms with Gasteiger partial charge in [-0.25, -0.2) is 19.0 Å². The first kappa shape index (κ1) is 14.2. The Hall–Kier alpha value is -2.19. The molecule has 1 heterocycles. The van der Waals surface area contributed by atoms with Gasteiger partial charge in [-0.1, -0.05) is 0 Å². The lowest BCUT2D eigenvalue weighted by atomic mass is 10.2. The SMILES string of the molecule is O=C(Nc1ccc(F)cc1C(=O)O)NN1CCOCC1. The van der Waals surface area contributed by atoms with Crippen molar-refractivity contribution < 1.29 is 23.8 Å². The third-order valence-corrected chi connectivity index (χ3v) is 2.73. The molecule has 1 fully saturated rings. The quantitative estimate of drug-likeness (QED) is 0.766. The highest BCUT2D eigenvalue weighted by Crippen LogP contribution is 2.17. The molecule has 0 aromatic heterocycles. The molecule has 0 atom stereocenters. The molecule has 0 aliphatic carbocycles. The minimum Gasteiger partial charge on any atom is -0.478 e. The maximum atomic E-state index is 13.0. The first-order chi connectivity index (χ1) is 9.56. The Morgan fingerprint density at radius 1 is 1.30 bits per heavy atom. The fraction of sp³-hybridized carbons (Fsp3) is 0.333. The highest BCUT2D eigenvalue weighted by molar-refractivity contribution is 5.99. The highest BCUT2D eigenvalue weighted by Gasteiger charge is 2.16. The second kappa shape index (κ2) is 6.31. The summed E-state index contributed by atoms with van der Waals surface area (Å²) in [5.41, 5.74) is 2.29. The van der Waals surface area contributed by atoms with Crippen LogP contribution in [-0.2, 0) is 4.74 Å². The Bertz CT molecular complexity index is 517. The number of morpholine rings is 1. The van der Waals surface area contributed by atoms with E-state index in [4.69, 9.17) is 9.84 Å². The highest BCUT2D eigenvalue weighted by atomic mass is 19.1. The van der Waals surface area contributed by atoms with E-state index in [9.17, 15) is 14.0 Å². The van der Waals surface area contributed by atoms with Crippen molar-refractivity contribution in [1.82, 2.24) is 10.4 Å². The standard InChI is InChI=1S/C12H14FN3O4/c13-8-1-2-10(9(7-8)11(17)18)14-12(19)15-16-3-5-20-6-4-16/h1-2,7H,3-6H2,(H,17,18)(H2,14,15,19). The monoisotopic (exact) mass is 283 g/mol. The zero-order valence-electron chi connectivity index (χ0n) is 10.6. The van der Waals surface area contributed by atoms with Crippen molar-refractivity contribution in [2.75, 3.05) is 31.6 Å². The zero-order valence-corrected chi connectivity index (χ0v) is 10.6. The van der Waals surface area contributed by atoms with Gasteiger partial charge in [0.1, 0.15) is 5.82 Å². The van der Waals surface area contributed by atoms with Crippen LogP contribution in [0.25, 0.3) is 0 Å². The number of carboxylic acids is 1. The number of nitrogens with zero attached hydrogens (tertiary/aromatic N) is 1. The van der Waals surface area contributed by atoms with Crippen molar-refractivity contribution in [3.8, 4) is 0 Å². The molecule has 1 aromatic carbocycles. The minimum atomic E-state index is -1.31. The molecule has 3 N–H and O–H groups in total. The number of carbonyl (C=O) groups excluding carboxylic acids is 1. The molecule has 108 valence electrons. The summed E-state index contributed by atoms with van der Waals surface area (Å²) >= 11 is 0. The largest absolute Gasteiger partial charge is 0.478 e. The average Bonchev–Trinajstić information content (AvgIpc) is 2.41. The fourth-order valence-electron chi connectivity index (χ4n) is 1.77. The third-order valence-electron chi connectivity index (χ3n) is 2.73. The Kier molecular flexibility index (Phi) is 4.49. The first-order valence-electron chi connectivity index (χ1n) is 5.99. The number of rotatable bonds is 3. The number of ether oxygens (including phenoxy) is 1. The number of halogens is 1. The van der Waals surface area contributed by atoms with Gasteiger partial charge in [-0.05, 0) is 18.2 Å². The van der Waals surface area contributed by atoms with E-state index in [1.807, 2.05) is 0 Å². The minimum absolute atomic E-state index is 0.0321. The molecule has 8 heteroatoms. The van der Waals surface area contributed by atoms with Crippen LogP contribution in [0.5, 0.6) is 0 Å². The second-order valence-corrected chi connectivity index (χ2v) is 4.16. The van der Waals surface area contributed by atoms with Crippen molar-refractivity contribution in [3.05, 3.63) is 29.6 Å². The summed E-state index contributed by atoms with van der Waals surface area (Å²) in [4.78, 5) is 22.7. The smallest absolute Gasteiger partial charge is 0.337 e. The summed E-state index contributed by atoms with van der Waals surface area (Å²) in [6, 6.07) is 2.56. The number of benzene rings is 1. The first-order valence-corrected chi connectivity index (χ1v) is 5.99. The number of hydrogen-bond donors (Lipinski definition) is 3. The second-order valence-electron chi connectivity index (χ2n) is 4.16. The number of carboxylic acid groups (broad SMARTS) is 1. The Labute approximate surface area is 114 Å². The summed E-state index contributed by atoms with van der Waals surface area (Å²) in [6.45, 7) is 2.11. The fourth-order valence-corrected chi connectivity index (χ4v) is 1.77. The summed E-state index contributed by atoms with van der Waals surface area (Å²) in [5, 5.41) is 13.0. The average molecular weight is 283 g/mol. The number of hydrazine groups is 1. The van der Waals surface area contributed by atoms with Crippen LogP contribution in [0.4, 0.5) is 14.9 Å². The van der Waals surface area contributed by atoms with E-state index in [1.54, 1.807) is 5.01 Å². The van der Waals surface area contributed by atoms with Crippen LogP contribution < -0.4 is 10.7 Å². The van der Waals surface area contributed by atoms with Crippen molar-refractivity contribution in [1.29, 1.82) is 0 Å². The molecule has 2 amide bonds. The Morgan fingerprint density at radius 3 is 2.65 bits per heavy atom. The van der Waals surface area contributed by atoms with Gasteiger partial charge < -0.3 is 15.2 Å². The molecule has 2 rings (SSSR count). The van der Waals surface area contributed by atoms with E-state index in [0.29, 0.717) is 26.3 Å². The van der Waals surface area contributed by atoms with Gasteiger partial charge in [0.25, 0.3) is 0 Å². The van der Waals surface area contributed by atoms with Gasteiger partial charge in [0, 0.05) is 13.1 Å². The van der Waals surface area contributed by atoms with Crippen LogP contribution in [0.3, 0.4) is 0 Å². The van der Waals surface area contributed by atoms with E-state index in [0.717, 1.165) is 12.1 Å². The van der Waals surface area contributed by atoms with Gasteiger partial charge in [-0.3, -0.25) is 5.43 Å². The van der Waals surface area contributed by atoms with E-state index in [-0.39, 0.29) is 11.3 Å². The van der Waals surface area contributed by atoms with Crippen LogP contribution >= 0.6 is 0 Å². The third kappa shape index (κ3) is 3.65. The zero-order chi connectivity index (χ0) is 14.5. The molecule has 0 radical (unpaired) electrons. The summed E-state index contributed by atoms with van der Waals surface area (Å²) in [7, 11) is 0. The van der Waals surface area contributed by atoms with Crippen LogP contribution in [0.1, 0.15) is 10.4 Å². The van der Waals surface area contributed by atoms with E-state index < -0.39 is 17.8 Å². The predicted molar refractivity (Wildman–Crippen MR) is 67.9 cm³/mol. The molecule has 0 spiro atoms. The Balaban J connectivity index is 2.01. The van der Waals surface area contributed by atoms with Crippen LogP contribution in [0.2, 0.25) is 0 Å². The maximum absolute atomic E-state index is 13.0. The topological polar surface area (TPSA) is 90.9 Å². The van der Waals surface area contributed by atoms with Crippen molar-refractivity contribution in [2.24, 2.45) is 0 Å². The van der Waals surface area contributed by atoms with E-state index >= 15 is 0 Å². The van der Waals surface area contributed by atoms with Gasteiger partial charge in [-0.15, -0.1) is 0 Å². The Morgan fingerprint density at radius 2 is 2.00 bits per heavy atom. The normalized spacial score (nSPS) is 15.7. The molecule has 1 aromatic rings. The lowest BCUT2D eigenvalue weighted by Gasteiger charge is -2.27. The number of carbonyl (C=O) groups is 2. The van der Waals surface area contributed by atoms with Gasteiger partial charge in [-0.2, -0.15) is 0 Å². The summed E-state index contributed by atoms with van der Waals surface area (Å²) in [6.07, 6.45) is 0. The molecule has 20 heavy (non-hydrogen) atoms. The van der Waals surface area contributed by atoms with E-state index in [1.165, 1.54) is 6.07 Å². The molecule has 0 saturated carbocycles. The van der Waals surface area contributed by atoms with Crippen molar-refractivity contribution >= 4 is 17.7 Å². The van der Waals surface area contributed by atoms with Crippen molar-refractivity contribution in [3.63, 3.8) is 0 Å². The number of hydrogen-bond acceptors (Lipinski definition) is 4. The van der Waals surface area contributed by atoms with Gasteiger partial charge >= 0.3 is 12.0 Å². The number of anilines is 1. The molecular formula is C12H14FN3O4. The lowest BCUT2D eigenvalue weighted by Crippen LogP contribution is -2.49. The van der Waals surface area contributed by atoms with Gasteiger partial charge in [0.05, 0.1) is 24.5 Å². The number of amides is 2. The lowest BCUT2D eigenvalue weighted by molar-refractivity contribution is 0.0207. The van der Waals surface area contributed by atoms with Gasteiger partial charge in [0.2, 0.25) is 0 Å². The molecule has 1 saturated heterocycles. The van der Waals surface area contributed by atoms with Crippen LogP contribution in [0.15, 0.2) is 18.2 Å². The number of urea groups is 1. The van der Waals surface area contributed by atoms with Gasteiger partial charge in [0.15, 0.2) is 0 Å². The number of aromatic carboxylic acids is 1. The molecule has 1 aliphatic rings. The maximum Gasteiger partial charge on any atom is 0.337 e. The number of nitrogens with one attached hydrogen (secondary N) is 2. The molecule has 0 bridgehead atoms. The van der Waals surface area contributed by atoms with Crippen molar-refractivity contribution in [2.45, 2.75) is 0 Å². The van der Waals surface area contributed by atoms with Crippen LogP contribution in [0, 0.1) is 5.82 Å². The molecular weight excluding hydrogens is 269 g/mol. The predicted octanol–water partition coefficient (Wildman–Crippen LogP) is 0.893. The summed E-state index contributed by atoms with van der Waals surface area (Å²) < 4.78 is 18.1. The molecule has 1 aliphatic heterocycles. The van der Waals surface area contributed by atoms with E-state index in [2.05, 4.69) is 10.7 Å². The van der Waals surface area contributed by atoms with Crippen LogP contribution in [-0.4, -0.2) is 48.4 Å².